The highest BCUT2D eigenvalue weighted by Crippen LogP contribution is 2.51. The SMILES string of the molecule is CC1(C)c2ccccc2-c2cc3c4cc(-c5ccc6ccccc6c5)ccc4n(-c4cc(-c5ccc6ccccc6c5)cc(-c5ccc6c(c5)c5ccccc5n6-c5ccccc5)c4)c3cc21. The zero-order valence-electron chi connectivity index (χ0n) is 37.3. The summed E-state index contributed by atoms with van der Waals surface area (Å²) >= 11 is 0. The topological polar surface area (TPSA) is 9.86 Å². The van der Waals surface area contributed by atoms with Crippen molar-refractivity contribution in [3.63, 3.8) is 0 Å². The molecule has 0 aliphatic heterocycles. The fraction of sp³-hybridized carbons (Fsp3) is 0.0462. The van der Waals surface area contributed by atoms with Crippen molar-refractivity contribution < 1.29 is 0 Å². The summed E-state index contributed by atoms with van der Waals surface area (Å²) in [7, 11) is 0. The molecule has 1 aliphatic carbocycles. The first-order valence-electron chi connectivity index (χ1n) is 23.4. The second kappa shape index (κ2) is 14.3. The van der Waals surface area contributed by atoms with Crippen LogP contribution < -0.4 is 0 Å². The van der Waals surface area contributed by atoms with Gasteiger partial charge >= 0.3 is 0 Å². The van der Waals surface area contributed by atoms with Gasteiger partial charge in [-0.2, -0.15) is 0 Å². The van der Waals surface area contributed by atoms with E-state index >= 15 is 0 Å². The average Bonchev–Trinajstić information content (AvgIpc) is 3.97. The van der Waals surface area contributed by atoms with Crippen LogP contribution in [0.1, 0.15) is 25.0 Å². The largest absolute Gasteiger partial charge is 0.309 e. The number of para-hydroxylation sites is 2. The molecule has 0 N–H and O–H groups in total. The molecule has 2 heteroatoms. The molecule has 0 atom stereocenters. The average molecular weight is 853 g/mol. The van der Waals surface area contributed by atoms with Crippen LogP contribution >= 0.6 is 0 Å². The lowest BCUT2D eigenvalue weighted by molar-refractivity contribution is 0.661. The van der Waals surface area contributed by atoms with Gasteiger partial charge in [-0.1, -0.05) is 159 Å². The van der Waals surface area contributed by atoms with E-state index in [1.54, 1.807) is 0 Å². The quantitative estimate of drug-likeness (QED) is 0.163. The second-order valence-corrected chi connectivity index (χ2v) is 19.0. The number of aromatic nitrogens is 2. The van der Waals surface area contributed by atoms with E-state index in [1.165, 1.54) is 121 Å². The molecule has 0 radical (unpaired) electrons. The van der Waals surface area contributed by atoms with E-state index in [4.69, 9.17) is 0 Å². The molecule has 2 aromatic heterocycles. The van der Waals surface area contributed by atoms with Crippen molar-refractivity contribution in [3.8, 4) is 55.9 Å². The first-order chi connectivity index (χ1) is 32.9. The molecule has 2 nitrogen and oxygen atoms in total. The predicted octanol–water partition coefficient (Wildman–Crippen LogP) is 17.5. The third-order valence-electron chi connectivity index (χ3n) is 14.8. The first-order valence-corrected chi connectivity index (χ1v) is 23.4. The lowest BCUT2D eigenvalue weighted by Gasteiger charge is -2.22. The lowest BCUT2D eigenvalue weighted by atomic mass is 9.82. The van der Waals surface area contributed by atoms with Crippen molar-refractivity contribution in [2.45, 2.75) is 19.3 Å². The summed E-state index contributed by atoms with van der Waals surface area (Å²) in [5.41, 5.74) is 19.6. The molecule has 11 aromatic carbocycles. The second-order valence-electron chi connectivity index (χ2n) is 19.0. The Morgan fingerprint density at radius 1 is 0.269 bits per heavy atom. The van der Waals surface area contributed by atoms with Gasteiger partial charge in [-0.15, -0.1) is 0 Å². The van der Waals surface area contributed by atoms with E-state index in [1.807, 2.05) is 0 Å². The molecule has 0 saturated carbocycles. The molecule has 0 fully saturated rings. The lowest BCUT2D eigenvalue weighted by Crippen LogP contribution is -2.15. The minimum atomic E-state index is -0.149. The van der Waals surface area contributed by atoms with Crippen molar-refractivity contribution in [2.75, 3.05) is 0 Å². The molecule has 0 amide bonds. The van der Waals surface area contributed by atoms with Crippen LogP contribution in [-0.2, 0) is 5.41 Å². The summed E-state index contributed by atoms with van der Waals surface area (Å²) in [5, 5.41) is 9.97. The molecule has 13 aromatic rings. The number of hydrogen-bond donors (Lipinski definition) is 0. The Bertz CT molecular complexity index is 4180. The predicted molar refractivity (Wildman–Crippen MR) is 284 cm³/mol. The zero-order valence-corrected chi connectivity index (χ0v) is 37.3. The van der Waals surface area contributed by atoms with Crippen LogP contribution in [0.5, 0.6) is 0 Å². The van der Waals surface area contributed by atoms with Gasteiger partial charge in [-0.3, -0.25) is 0 Å². The van der Waals surface area contributed by atoms with Crippen molar-refractivity contribution >= 4 is 65.2 Å². The number of benzene rings is 11. The van der Waals surface area contributed by atoms with Crippen LogP contribution in [-0.4, -0.2) is 9.13 Å². The number of hydrogen-bond acceptors (Lipinski definition) is 0. The molecule has 0 spiro atoms. The van der Waals surface area contributed by atoms with E-state index in [2.05, 4.69) is 254 Å². The van der Waals surface area contributed by atoms with Crippen LogP contribution in [0.15, 0.2) is 231 Å². The summed E-state index contributed by atoms with van der Waals surface area (Å²) in [6, 6.07) is 86.0. The van der Waals surface area contributed by atoms with Gasteiger partial charge in [-0.25, -0.2) is 0 Å². The third-order valence-corrected chi connectivity index (χ3v) is 14.8. The van der Waals surface area contributed by atoms with Gasteiger partial charge in [0.05, 0.1) is 22.1 Å². The summed E-state index contributed by atoms with van der Waals surface area (Å²) < 4.78 is 4.94. The Morgan fingerprint density at radius 3 is 1.46 bits per heavy atom. The first kappa shape index (κ1) is 37.9. The smallest absolute Gasteiger partial charge is 0.0544 e. The molecular weight excluding hydrogens is 809 g/mol. The number of rotatable bonds is 5. The molecule has 67 heavy (non-hydrogen) atoms. The highest BCUT2D eigenvalue weighted by Gasteiger charge is 2.36. The number of fused-ring (bicyclic) bond motifs is 11. The van der Waals surface area contributed by atoms with Gasteiger partial charge in [0.15, 0.2) is 0 Å². The van der Waals surface area contributed by atoms with Gasteiger partial charge in [0.2, 0.25) is 0 Å². The van der Waals surface area contributed by atoms with Crippen LogP contribution in [0, 0.1) is 0 Å². The summed E-state index contributed by atoms with van der Waals surface area (Å²) in [4.78, 5) is 0. The fourth-order valence-electron chi connectivity index (χ4n) is 11.5. The molecular formula is C65H44N2. The Hall–Kier alpha value is -8.46. The summed E-state index contributed by atoms with van der Waals surface area (Å²) in [5.74, 6) is 0. The Morgan fingerprint density at radius 2 is 0.761 bits per heavy atom. The molecule has 2 heterocycles. The van der Waals surface area contributed by atoms with Gasteiger partial charge in [0.25, 0.3) is 0 Å². The van der Waals surface area contributed by atoms with Crippen molar-refractivity contribution in [2.24, 2.45) is 0 Å². The molecule has 314 valence electrons. The molecule has 1 aliphatic rings. The van der Waals surface area contributed by atoms with Crippen molar-refractivity contribution in [1.29, 1.82) is 0 Å². The third kappa shape index (κ3) is 5.76. The summed E-state index contributed by atoms with van der Waals surface area (Å²) in [6.45, 7) is 4.77. The summed E-state index contributed by atoms with van der Waals surface area (Å²) in [6.07, 6.45) is 0. The maximum atomic E-state index is 2.54. The Kier molecular flexibility index (Phi) is 8.06. The van der Waals surface area contributed by atoms with Crippen LogP contribution in [0.2, 0.25) is 0 Å². The monoisotopic (exact) mass is 852 g/mol. The molecule has 0 saturated heterocycles. The van der Waals surface area contributed by atoms with E-state index in [9.17, 15) is 0 Å². The maximum absolute atomic E-state index is 2.54. The highest BCUT2D eigenvalue weighted by molar-refractivity contribution is 6.14. The minimum Gasteiger partial charge on any atom is -0.309 e. The highest BCUT2D eigenvalue weighted by atomic mass is 15.0. The van der Waals surface area contributed by atoms with Crippen LogP contribution in [0.3, 0.4) is 0 Å². The minimum absolute atomic E-state index is 0.149. The van der Waals surface area contributed by atoms with Gasteiger partial charge in [-0.05, 0) is 162 Å². The molecule has 0 bridgehead atoms. The molecule has 14 rings (SSSR count). The van der Waals surface area contributed by atoms with Gasteiger partial charge in [0, 0.05) is 38.3 Å². The standard InChI is InChI=1S/C65H44N2/c1-65(2)59-22-12-10-20-53(59)55-39-58-57-37-47(45-26-24-41-14-6-8-16-43(41)32-45)28-30-63(57)67(64(58)40-60(55)65)52-35-49(46-27-25-42-15-7-9-17-44(42)33-46)34-50(36-52)48-29-31-62-56(38-48)54-21-11-13-23-61(54)66(62)51-18-4-3-5-19-51/h3-40H,1-2H3. The van der Waals surface area contributed by atoms with E-state index in [-0.39, 0.29) is 5.41 Å². The van der Waals surface area contributed by atoms with E-state index < -0.39 is 0 Å². The normalized spacial score (nSPS) is 13.0. The van der Waals surface area contributed by atoms with Gasteiger partial charge < -0.3 is 9.13 Å². The van der Waals surface area contributed by atoms with Gasteiger partial charge in [0.1, 0.15) is 0 Å². The van der Waals surface area contributed by atoms with Crippen molar-refractivity contribution in [1.82, 2.24) is 9.13 Å². The number of nitrogens with zero attached hydrogens (tertiary/aromatic N) is 2. The van der Waals surface area contributed by atoms with Crippen LogP contribution in [0.25, 0.3) is 121 Å². The Labute approximate surface area is 389 Å². The van der Waals surface area contributed by atoms with E-state index in [0.29, 0.717) is 0 Å². The zero-order chi connectivity index (χ0) is 44.4. The van der Waals surface area contributed by atoms with Crippen LogP contribution in [0.4, 0.5) is 0 Å². The van der Waals surface area contributed by atoms with Crippen molar-refractivity contribution in [3.05, 3.63) is 242 Å². The molecule has 0 unspecified atom stereocenters. The maximum Gasteiger partial charge on any atom is 0.0544 e. The Balaban J connectivity index is 1.04. The van der Waals surface area contributed by atoms with E-state index in [0.717, 1.165) is 11.4 Å². The fourth-order valence-corrected chi connectivity index (χ4v) is 11.5.